The first-order chi connectivity index (χ1) is 10.8. The van der Waals surface area contributed by atoms with Crippen molar-refractivity contribution in [1.29, 1.82) is 0 Å². The third kappa shape index (κ3) is 4.14. The summed E-state index contributed by atoms with van der Waals surface area (Å²) in [7, 11) is -3.17. The third-order valence-electron chi connectivity index (χ3n) is 4.70. The number of nitrogens with zero attached hydrogens (tertiary/aromatic N) is 1. The van der Waals surface area contributed by atoms with Gasteiger partial charge < -0.3 is 4.90 Å². The Balaban J connectivity index is 1.62. The highest BCUT2D eigenvalue weighted by molar-refractivity contribution is 7.88. The highest BCUT2D eigenvalue weighted by atomic mass is 32.2. The van der Waals surface area contributed by atoms with E-state index >= 15 is 0 Å². The van der Waals surface area contributed by atoms with Crippen LogP contribution in [0.2, 0.25) is 0 Å². The van der Waals surface area contributed by atoms with E-state index in [2.05, 4.69) is 17.7 Å². The third-order valence-corrected chi connectivity index (χ3v) is 6.69. The number of rotatable bonds is 3. The molecule has 1 atom stereocenters. The van der Waals surface area contributed by atoms with Gasteiger partial charge in [0.2, 0.25) is 10.0 Å². The van der Waals surface area contributed by atoms with Crippen LogP contribution in [-0.4, -0.2) is 44.6 Å². The number of hydrogen-bond acceptors (Lipinski definition) is 4. The second-order valence-corrected chi connectivity index (χ2v) is 9.78. The monoisotopic (exact) mass is 356 g/mol. The number of nitrogens with one attached hydrogen (secondary N) is 1. The Bertz CT molecular complexity index is 688. The molecule has 7 heteroatoms. The molecular formula is C16H24N2O3S2. The first-order valence-electron chi connectivity index (χ1n) is 8.20. The minimum Gasteiger partial charge on any atom is -0.338 e. The van der Waals surface area contributed by atoms with Crippen LogP contribution < -0.4 is 4.72 Å². The highest BCUT2D eigenvalue weighted by Crippen LogP contribution is 2.33. The summed E-state index contributed by atoms with van der Waals surface area (Å²) >= 11 is 1.65. The zero-order valence-electron chi connectivity index (χ0n) is 13.7. The van der Waals surface area contributed by atoms with Gasteiger partial charge in [0.05, 0.1) is 11.1 Å². The quantitative estimate of drug-likeness (QED) is 0.901. The van der Waals surface area contributed by atoms with Crippen molar-refractivity contribution >= 4 is 27.3 Å². The minimum atomic E-state index is -3.17. The molecule has 0 aromatic carbocycles. The Kier molecular flexibility index (Phi) is 4.80. The number of sulfonamides is 1. The second kappa shape index (κ2) is 6.53. The van der Waals surface area contributed by atoms with Crippen LogP contribution in [-0.2, 0) is 22.9 Å². The summed E-state index contributed by atoms with van der Waals surface area (Å²) in [5.74, 6) is 0.813. The fourth-order valence-corrected chi connectivity index (χ4v) is 5.49. The number of piperidine rings is 1. The van der Waals surface area contributed by atoms with Crippen molar-refractivity contribution in [3.8, 4) is 0 Å². The molecule has 0 saturated carbocycles. The lowest BCUT2D eigenvalue weighted by atomic mass is 9.90. The number of amides is 1. The van der Waals surface area contributed by atoms with E-state index in [1.165, 1.54) is 23.1 Å². The molecule has 2 heterocycles. The summed E-state index contributed by atoms with van der Waals surface area (Å²) in [4.78, 5) is 16.8. The van der Waals surface area contributed by atoms with Gasteiger partial charge in [-0.05, 0) is 49.7 Å². The zero-order valence-corrected chi connectivity index (χ0v) is 15.3. The number of aryl methyl sites for hydroxylation is 1. The van der Waals surface area contributed by atoms with E-state index in [9.17, 15) is 13.2 Å². The molecule has 0 spiro atoms. The molecule has 0 radical (unpaired) electrons. The fraction of sp³-hybridized carbons (Fsp3) is 0.688. The Morgan fingerprint density at radius 3 is 2.65 bits per heavy atom. The van der Waals surface area contributed by atoms with Crippen molar-refractivity contribution in [3.63, 3.8) is 0 Å². The number of hydrogen-bond donors (Lipinski definition) is 1. The molecule has 128 valence electrons. The van der Waals surface area contributed by atoms with Crippen molar-refractivity contribution in [3.05, 3.63) is 21.4 Å². The Morgan fingerprint density at radius 1 is 1.30 bits per heavy atom. The predicted molar refractivity (Wildman–Crippen MR) is 92.4 cm³/mol. The molecule has 1 aliphatic carbocycles. The summed E-state index contributed by atoms with van der Waals surface area (Å²) in [6.07, 6.45) is 5.93. The normalized spacial score (nSPS) is 22.9. The average Bonchev–Trinajstić information content (AvgIpc) is 2.88. The summed E-state index contributed by atoms with van der Waals surface area (Å²) in [6, 6.07) is 2.03. The SMILES string of the molecule is CC1CCc2sc(C(=O)N3CCC(NS(C)(=O)=O)CC3)cc2C1. The fourth-order valence-electron chi connectivity index (χ4n) is 3.47. The lowest BCUT2D eigenvalue weighted by molar-refractivity contribution is 0.0716. The molecule has 5 nitrogen and oxygen atoms in total. The molecule has 1 unspecified atom stereocenters. The van der Waals surface area contributed by atoms with Crippen LogP contribution in [0.15, 0.2) is 6.07 Å². The van der Waals surface area contributed by atoms with Gasteiger partial charge in [-0.1, -0.05) is 6.92 Å². The Morgan fingerprint density at radius 2 is 2.00 bits per heavy atom. The molecule has 1 aliphatic heterocycles. The first-order valence-corrected chi connectivity index (χ1v) is 10.9. The van der Waals surface area contributed by atoms with Crippen molar-refractivity contribution in [2.45, 2.75) is 45.1 Å². The van der Waals surface area contributed by atoms with Gasteiger partial charge in [0, 0.05) is 24.0 Å². The number of likely N-dealkylation sites (tertiary alicyclic amines) is 1. The van der Waals surface area contributed by atoms with Gasteiger partial charge in [0.1, 0.15) is 0 Å². The van der Waals surface area contributed by atoms with Crippen LogP contribution in [0, 0.1) is 5.92 Å². The highest BCUT2D eigenvalue weighted by Gasteiger charge is 2.27. The van der Waals surface area contributed by atoms with Crippen LogP contribution in [0.3, 0.4) is 0 Å². The molecule has 1 N–H and O–H groups in total. The Hall–Kier alpha value is -0.920. The largest absolute Gasteiger partial charge is 0.338 e. The predicted octanol–water partition coefficient (Wildman–Crippen LogP) is 2.03. The van der Waals surface area contributed by atoms with Crippen molar-refractivity contribution in [2.75, 3.05) is 19.3 Å². The average molecular weight is 357 g/mol. The number of carbonyl (C=O) groups is 1. The maximum atomic E-state index is 12.7. The molecule has 1 aromatic heterocycles. The van der Waals surface area contributed by atoms with Gasteiger partial charge >= 0.3 is 0 Å². The first kappa shape index (κ1) is 16.9. The van der Waals surface area contributed by atoms with Gasteiger partial charge in [-0.25, -0.2) is 13.1 Å². The summed E-state index contributed by atoms with van der Waals surface area (Å²) < 4.78 is 25.2. The van der Waals surface area contributed by atoms with E-state index in [4.69, 9.17) is 0 Å². The molecule has 2 aliphatic rings. The van der Waals surface area contributed by atoms with Gasteiger partial charge in [-0.3, -0.25) is 4.79 Å². The van der Waals surface area contributed by atoms with E-state index in [1.807, 2.05) is 4.90 Å². The zero-order chi connectivity index (χ0) is 16.6. The number of thiophene rings is 1. The molecule has 1 saturated heterocycles. The summed E-state index contributed by atoms with van der Waals surface area (Å²) in [5.41, 5.74) is 1.35. The van der Waals surface area contributed by atoms with E-state index in [0.717, 1.165) is 17.7 Å². The van der Waals surface area contributed by atoms with Crippen LogP contribution >= 0.6 is 11.3 Å². The van der Waals surface area contributed by atoms with Gasteiger partial charge in [0.25, 0.3) is 5.91 Å². The molecule has 3 rings (SSSR count). The standard InChI is InChI=1S/C16H24N2O3S2/c1-11-3-4-14-12(9-11)10-15(22-14)16(19)18-7-5-13(6-8-18)17-23(2,20)21/h10-11,13,17H,3-9H2,1-2H3. The molecule has 1 aromatic rings. The topological polar surface area (TPSA) is 66.5 Å². The maximum absolute atomic E-state index is 12.7. The lowest BCUT2D eigenvalue weighted by Crippen LogP contribution is -2.46. The van der Waals surface area contributed by atoms with E-state index < -0.39 is 10.0 Å². The van der Waals surface area contributed by atoms with Crippen LogP contribution in [0.4, 0.5) is 0 Å². The molecule has 1 amide bonds. The lowest BCUT2D eigenvalue weighted by Gasteiger charge is -2.31. The van der Waals surface area contributed by atoms with Crippen molar-refractivity contribution < 1.29 is 13.2 Å². The number of carbonyl (C=O) groups excluding carboxylic acids is 1. The summed E-state index contributed by atoms with van der Waals surface area (Å²) in [6.45, 7) is 3.50. The van der Waals surface area contributed by atoms with Gasteiger partial charge in [-0.2, -0.15) is 0 Å². The van der Waals surface area contributed by atoms with Crippen LogP contribution in [0.5, 0.6) is 0 Å². The van der Waals surface area contributed by atoms with Gasteiger partial charge in [-0.15, -0.1) is 11.3 Å². The van der Waals surface area contributed by atoms with Crippen molar-refractivity contribution in [2.24, 2.45) is 5.92 Å². The molecule has 23 heavy (non-hydrogen) atoms. The van der Waals surface area contributed by atoms with Crippen molar-refractivity contribution in [1.82, 2.24) is 9.62 Å². The van der Waals surface area contributed by atoms with E-state index in [0.29, 0.717) is 31.8 Å². The Labute approximate surface area is 142 Å². The molecule has 0 bridgehead atoms. The van der Waals surface area contributed by atoms with E-state index in [-0.39, 0.29) is 11.9 Å². The van der Waals surface area contributed by atoms with Gasteiger partial charge in [0.15, 0.2) is 0 Å². The molecular weight excluding hydrogens is 332 g/mol. The van der Waals surface area contributed by atoms with Crippen LogP contribution in [0.1, 0.15) is 46.3 Å². The minimum absolute atomic E-state index is 0.0496. The molecule has 1 fully saturated rings. The van der Waals surface area contributed by atoms with E-state index in [1.54, 1.807) is 11.3 Å². The maximum Gasteiger partial charge on any atom is 0.263 e. The number of fused-ring (bicyclic) bond motifs is 1. The second-order valence-electron chi connectivity index (χ2n) is 6.86. The van der Waals surface area contributed by atoms with Crippen LogP contribution in [0.25, 0.3) is 0 Å². The summed E-state index contributed by atoms with van der Waals surface area (Å²) in [5, 5.41) is 0. The smallest absolute Gasteiger partial charge is 0.263 e.